The molecule has 1 aromatic rings. The summed E-state index contributed by atoms with van der Waals surface area (Å²) >= 11 is 0. The van der Waals surface area contributed by atoms with E-state index in [1.165, 1.54) is 0 Å². The lowest BCUT2D eigenvalue weighted by atomic mass is 10.1. The van der Waals surface area contributed by atoms with E-state index in [1.54, 1.807) is 13.1 Å². The van der Waals surface area contributed by atoms with Gasteiger partial charge in [0.25, 0.3) is 5.91 Å². The van der Waals surface area contributed by atoms with Gasteiger partial charge in [0.05, 0.1) is 11.8 Å². The Hall–Kier alpha value is -1.58. The second-order valence-electron chi connectivity index (χ2n) is 4.63. The van der Waals surface area contributed by atoms with E-state index >= 15 is 0 Å². The fraction of sp³-hybridized carbons (Fsp3) is 0.538. The molecule has 17 heavy (non-hydrogen) atoms. The second kappa shape index (κ2) is 4.73. The van der Waals surface area contributed by atoms with E-state index in [2.05, 4.69) is 24.1 Å². The molecule has 0 unspecified atom stereocenters. The molecular formula is C13H18N2O2. The number of pyridine rings is 1. The summed E-state index contributed by atoms with van der Waals surface area (Å²) in [6, 6.07) is 3.56. The summed E-state index contributed by atoms with van der Waals surface area (Å²) in [5, 5.41) is 2.58. The summed E-state index contributed by atoms with van der Waals surface area (Å²) in [6.45, 7) is 4.10. The first-order valence-electron chi connectivity index (χ1n) is 6.01. The van der Waals surface area contributed by atoms with Gasteiger partial charge >= 0.3 is 0 Å². The topological polar surface area (TPSA) is 51.2 Å². The van der Waals surface area contributed by atoms with Crippen molar-refractivity contribution in [3.05, 3.63) is 23.5 Å². The van der Waals surface area contributed by atoms with Gasteiger partial charge < -0.3 is 10.1 Å². The fourth-order valence-electron chi connectivity index (χ4n) is 1.60. The molecule has 1 aromatic heterocycles. The number of carbonyl (C=O) groups excluding carboxylic acids is 1. The average Bonchev–Trinajstić information content (AvgIpc) is 3.12. The molecule has 1 fully saturated rings. The molecule has 1 saturated carbocycles. The maximum absolute atomic E-state index is 11.5. The lowest BCUT2D eigenvalue weighted by Gasteiger charge is -2.13. The normalized spacial score (nSPS) is 14.8. The highest BCUT2D eigenvalue weighted by Crippen LogP contribution is 2.31. The van der Waals surface area contributed by atoms with Gasteiger partial charge in [-0.15, -0.1) is 0 Å². The van der Waals surface area contributed by atoms with Crippen LogP contribution in [0.1, 0.15) is 48.8 Å². The van der Waals surface area contributed by atoms with Crippen LogP contribution in [0.3, 0.4) is 0 Å². The zero-order valence-electron chi connectivity index (χ0n) is 10.5. The summed E-state index contributed by atoms with van der Waals surface area (Å²) in [6.07, 6.45) is 2.59. The standard InChI is InChI=1S/C13H18N2O2/c1-8(2)12-11(17-9-4-5-9)7-6-10(15-12)13(16)14-3/h6-9H,4-5H2,1-3H3,(H,14,16). The number of amides is 1. The summed E-state index contributed by atoms with van der Waals surface area (Å²) in [4.78, 5) is 15.9. The van der Waals surface area contributed by atoms with Crippen LogP contribution in [-0.2, 0) is 0 Å². The van der Waals surface area contributed by atoms with Crippen LogP contribution in [0, 0.1) is 0 Å². The van der Waals surface area contributed by atoms with Crippen LogP contribution in [-0.4, -0.2) is 24.0 Å². The maximum Gasteiger partial charge on any atom is 0.269 e. The molecule has 4 nitrogen and oxygen atoms in total. The Labute approximate surface area is 101 Å². The van der Waals surface area contributed by atoms with Crippen LogP contribution in [0.25, 0.3) is 0 Å². The molecular weight excluding hydrogens is 216 g/mol. The minimum Gasteiger partial charge on any atom is -0.489 e. The number of hydrogen-bond acceptors (Lipinski definition) is 3. The van der Waals surface area contributed by atoms with Crippen LogP contribution in [0.4, 0.5) is 0 Å². The van der Waals surface area contributed by atoms with Gasteiger partial charge in [-0.05, 0) is 30.9 Å². The first-order valence-corrected chi connectivity index (χ1v) is 6.01. The number of aromatic nitrogens is 1. The van der Waals surface area contributed by atoms with Gasteiger partial charge in [-0.2, -0.15) is 0 Å². The van der Waals surface area contributed by atoms with Crippen LogP contribution >= 0.6 is 0 Å². The number of hydrogen-bond donors (Lipinski definition) is 1. The largest absolute Gasteiger partial charge is 0.489 e. The van der Waals surface area contributed by atoms with Crippen LogP contribution in [0.15, 0.2) is 12.1 Å². The van der Waals surface area contributed by atoms with Gasteiger partial charge in [0, 0.05) is 7.05 Å². The number of nitrogens with zero attached hydrogens (tertiary/aromatic N) is 1. The Balaban J connectivity index is 2.29. The third-order valence-electron chi connectivity index (χ3n) is 2.71. The smallest absolute Gasteiger partial charge is 0.269 e. The van der Waals surface area contributed by atoms with E-state index < -0.39 is 0 Å². The lowest BCUT2D eigenvalue weighted by molar-refractivity contribution is 0.0958. The van der Waals surface area contributed by atoms with Crippen LogP contribution in [0.2, 0.25) is 0 Å². The third kappa shape index (κ3) is 2.75. The number of ether oxygens (including phenoxy) is 1. The Morgan fingerprint density at radius 2 is 2.18 bits per heavy atom. The predicted molar refractivity (Wildman–Crippen MR) is 65.4 cm³/mol. The molecule has 0 spiro atoms. The molecule has 0 bridgehead atoms. The van der Waals surface area contributed by atoms with Crippen LogP contribution < -0.4 is 10.1 Å². The first-order chi connectivity index (χ1) is 8.11. The van der Waals surface area contributed by atoms with Crippen molar-refractivity contribution in [1.29, 1.82) is 0 Å². The van der Waals surface area contributed by atoms with Crippen molar-refractivity contribution in [3.63, 3.8) is 0 Å². The maximum atomic E-state index is 11.5. The molecule has 0 atom stereocenters. The molecule has 0 aromatic carbocycles. The van der Waals surface area contributed by atoms with Crippen LogP contribution in [0.5, 0.6) is 5.75 Å². The quantitative estimate of drug-likeness (QED) is 0.868. The monoisotopic (exact) mass is 234 g/mol. The molecule has 1 aliphatic carbocycles. The molecule has 1 heterocycles. The molecule has 0 aliphatic heterocycles. The highest BCUT2D eigenvalue weighted by atomic mass is 16.5. The molecule has 1 aliphatic rings. The van der Waals surface area contributed by atoms with Gasteiger partial charge in [-0.1, -0.05) is 13.8 Å². The van der Waals surface area contributed by atoms with E-state index in [9.17, 15) is 4.79 Å². The number of nitrogens with one attached hydrogen (secondary N) is 1. The van der Waals surface area contributed by atoms with Gasteiger partial charge in [0.2, 0.25) is 0 Å². The van der Waals surface area contributed by atoms with Gasteiger partial charge in [-0.25, -0.2) is 4.98 Å². The highest BCUT2D eigenvalue weighted by Gasteiger charge is 2.25. The van der Waals surface area contributed by atoms with Crippen molar-refractivity contribution in [2.24, 2.45) is 0 Å². The first kappa shape index (κ1) is 11.9. The molecule has 0 saturated heterocycles. The van der Waals surface area contributed by atoms with Crippen molar-refractivity contribution in [2.75, 3.05) is 7.05 Å². The Morgan fingerprint density at radius 1 is 1.47 bits per heavy atom. The van der Waals surface area contributed by atoms with Gasteiger partial charge in [0.15, 0.2) is 0 Å². The second-order valence-corrected chi connectivity index (χ2v) is 4.63. The van der Waals surface area contributed by atoms with E-state index in [0.717, 1.165) is 24.3 Å². The Kier molecular flexibility index (Phi) is 3.31. The summed E-state index contributed by atoms with van der Waals surface area (Å²) < 4.78 is 5.79. The predicted octanol–water partition coefficient (Wildman–Crippen LogP) is 2.11. The SMILES string of the molecule is CNC(=O)c1ccc(OC2CC2)c(C(C)C)n1. The third-order valence-corrected chi connectivity index (χ3v) is 2.71. The zero-order valence-corrected chi connectivity index (χ0v) is 10.5. The minimum atomic E-state index is -0.162. The molecule has 4 heteroatoms. The van der Waals surface area contributed by atoms with Crippen molar-refractivity contribution < 1.29 is 9.53 Å². The van der Waals surface area contributed by atoms with Crippen molar-refractivity contribution in [1.82, 2.24) is 10.3 Å². The highest BCUT2D eigenvalue weighted by molar-refractivity contribution is 5.92. The molecule has 1 amide bonds. The Morgan fingerprint density at radius 3 is 2.71 bits per heavy atom. The van der Waals surface area contributed by atoms with Crippen molar-refractivity contribution >= 4 is 5.91 Å². The zero-order chi connectivity index (χ0) is 12.4. The minimum absolute atomic E-state index is 0.162. The number of carbonyl (C=O) groups is 1. The summed E-state index contributed by atoms with van der Waals surface area (Å²) in [7, 11) is 1.60. The van der Waals surface area contributed by atoms with E-state index in [0.29, 0.717) is 11.8 Å². The summed E-state index contributed by atoms with van der Waals surface area (Å²) in [5.41, 5.74) is 1.30. The molecule has 92 valence electrons. The van der Waals surface area contributed by atoms with Gasteiger partial charge in [0.1, 0.15) is 11.4 Å². The lowest BCUT2D eigenvalue weighted by Crippen LogP contribution is -2.20. The van der Waals surface area contributed by atoms with E-state index in [1.807, 2.05) is 6.07 Å². The molecule has 0 radical (unpaired) electrons. The van der Waals surface area contributed by atoms with Gasteiger partial charge in [-0.3, -0.25) is 4.79 Å². The van der Waals surface area contributed by atoms with Crippen molar-refractivity contribution in [3.8, 4) is 5.75 Å². The molecule has 1 N–H and O–H groups in total. The number of rotatable bonds is 4. The van der Waals surface area contributed by atoms with E-state index in [4.69, 9.17) is 4.74 Å². The molecule has 2 rings (SSSR count). The average molecular weight is 234 g/mol. The fourth-order valence-corrected chi connectivity index (χ4v) is 1.60. The van der Waals surface area contributed by atoms with Crippen molar-refractivity contribution in [2.45, 2.75) is 38.7 Å². The summed E-state index contributed by atoms with van der Waals surface area (Å²) in [5.74, 6) is 0.897. The van der Waals surface area contributed by atoms with E-state index in [-0.39, 0.29) is 11.8 Å². The Bertz CT molecular complexity index is 425.